The SMILES string of the molecule is Cc1ccc2nccc(C(=O)N3CCC[C@@](CO)(Cc4ccc(F)cc4F)C3)c2c1. The first kappa shape index (κ1) is 20.4. The molecule has 1 aromatic heterocycles. The van der Waals surface area contributed by atoms with Gasteiger partial charge in [-0.05, 0) is 56.0 Å². The highest BCUT2D eigenvalue weighted by molar-refractivity contribution is 6.06. The van der Waals surface area contributed by atoms with Crippen molar-refractivity contribution in [3.8, 4) is 0 Å². The Morgan fingerprint density at radius 2 is 2.03 bits per heavy atom. The standard InChI is InChI=1S/C24H24F2N2O2/c1-16-3-6-22-20(11-16)19(7-9-27-22)23(30)28-10-2-8-24(14-28,15-29)13-17-4-5-18(25)12-21(17)26/h3-7,9,11-12,29H,2,8,10,13-15H2,1H3/t24-/m1/s1. The van der Waals surface area contributed by atoms with Gasteiger partial charge in [-0.15, -0.1) is 0 Å². The van der Waals surface area contributed by atoms with E-state index >= 15 is 0 Å². The fraction of sp³-hybridized carbons (Fsp3) is 0.333. The molecule has 1 aliphatic rings. The Bertz CT molecular complexity index is 1100. The molecule has 1 fully saturated rings. The smallest absolute Gasteiger partial charge is 0.254 e. The van der Waals surface area contributed by atoms with Crippen LogP contribution in [0.2, 0.25) is 0 Å². The summed E-state index contributed by atoms with van der Waals surface area (Å²) in [4.78, 5) is 19.5. The maximum Gasteiger partial charge on any atom is 0.254 e. The summed E-state index contributed by atoms with van der Waals surface area (Å²) >= 11 is 0. The molecule has 4 nitrogen and oxygen atoms in total. The quantitative estimate of drug-likeness (QED) is 0.699. The third-order valence-corrected chi connectivity index (χ3v) is 5.99. The number of likely N-dealkylation sites (tertiary alicyclic amines) is 1. The van der Waals surface area contributed by atoms with Crippen LogP contribution >= 0.6 is 0 Å². The Kier molecular flexibility index (Phi) is 5.52. The van der Waals surface area contributed by atoms with E-state index in [1.54, 1.807) is 17.2 Å². The predicted molar refractivity (Wildman–Crippen MR) is 111 cm³/mol. The molecular weight excluding hydrogens is 386 g/mol. The number of aliphatic hydroxyl groups is 1. The van der Waals surface area contributed by atoms with Gasteiger partial charge in [-0.25, -0.2) is 8.78 Å². The molecule has 3 aromatic rings. The molecular formula is C24H24F2N2O2. The van der Waals surface area contributed by atoms with Gasteiger partial charge in [0.2, 0.25) is 0 Å². The first-order valence-electron chi connectivity index (χ1n) is 10.1. The van der Waals surface area contributed by atoms with Crippen molar-refractivity contribution in [3.05, 3.63) is 77.0 Å². The van der Waals surface area contributed by atoms with Gasteiger partial charge in [-0.3, -0.25) is 9.78 Å². The molecule has 30 heavy (non-hydrogen) atoms. The van der Waals surface area contributed by atoms with E-state index in [1.807, 2.05) is 25.1 Å². The summed E-state index contributed by atoms with van der Waals surface area (Å²) in [5.74, 6) is -1.37. The van der Waals surface area contributed by atoms with Crippen LogP contribution in [0, 0.1) is 24.0 Å². The molecule has 0 bridgehead atoms. The molecule has 1 N–H and O–H groups in total. The third-order valence-electron chi connectivity index (χ3n) is 5.99. The van der Waals surface area contributed by atoms with Gasteiger partial charge >= 0.3 is 0 Å². The molecule has 6 heteroatoms. The Labute approximate surface area is 174 Å². The van der Waals surface area contributed by atoms with E-state index < -0.39 is 17.0 Å². The zero-order chi connectivity index (χ0) is 21.3. The molecule has 0 unspecified atom stereocenters. The second-order valence-corrected chi connectivity index (χ2v) is 8.28. The van der Waals surface area contributed by atoms with E-state index in [-0.39, 0.29) is 18.9 Å². The summed E-state index contributed by atoms with van der Waals surface area (Å²) in [6.45, 7) is 2.68. The molecule has 0 radical (unpaired) electrons. The van der Waals surface area contributed by atoms with E-state index in [1.165, 1.54) is 12.1 Å². The molecule has 0 aliphatic carbocycles. The highest BCUT2D eigenvalue weighted by Gasteiger charge is 2.38. The highest BCUT2D eigenvalue weighted by atomic mass is 19.1. The van der Waals surface area contributed by atoms with E-state index in [0.717, 1.165) is 22.5 Å². The summed E-state index contributed by atoms with van der Waals surface area (Å²) in [6, 6.07) is 11.0. The number of benzene rings is 2. The van der Waals surface area contributed by atoms with Crippen LogP contribution in [-0.2, 0) is 6.42 Å². The minimum atomic E-state index is -0.661. The van der Waals surface area contributed by atoms with Gasteiger partial charge in [0, 0.05) is 36.2 Å². The lowest BCUT2D eigenvalue weighted by Crippen LogP contribution is -2.49. The number of fused-ring (bicyclic) bond motifs is 1. The van der Waals surface area contributed by atoms with Gasteiger partial charge in [0.1, 0.15) is 11.6 Å². The molecule has 156 valence electrons. The van der Waals surface area contributed by atoms with Gasteiger partial charge in [-0.1, -0.05) is 17.7 Å². The molecule has 1 saturated heterocycles. The molecule has 2 aromatic carbocycles. The Balaban J connectivity index is 1.63. The number of carbonyl (C=O) groups is 1. The Morgan fingerprint density at radius 3 is 2.80 bits per heavy atom. The van der Waals surface area contributed by atoms with Crippen molar-refractivity contribution in [2.45, 2.75) is 26.2 Å². The number of aryl methyl sites for hydroxylation is 1. The summed E-state index contributed by atoms with van der Waals surface area (Å²) < 4.78 is 27.5. The number of amides is 1. The largest absolute Gasteiger partial charge is 0.396 e. The van der Waals surface area contributed by atoms with Gasteiger partial charge in [0.15, 0.2) is 0 Å². The maximum atomic E-state index is 14.2. The number of nitrogens with zero attached hydrogens (tertiary/aromatic N) is 2. The number of piperidine rings is 1. The zero-order valence-electron chi connectivity index (χ0n) is 16.9. The normalized spacial score (nSPS) is 19.3. The number of halogens is 2. The number of hydrogen-bond donors (Lipinski definition) is 1. The molecule has 1 amide bonds. The van der Waals surface area contributed by atoms with Crippen molar-refractivity contribution in [2.24, 2.45) is 5.41 Å². The topological polar surface area (TPSA) is 53.4 Å². The number of aromatic nitrogens is 1. The van der Waals surface area contributed by atoms with Crippen LogP contribution in [0.5, 0.6) is 0 Å². The lowest BCUT2D eigenvalue weighted by Gasteiger charge is -2.42. The van der Waals surface area contributed by atoms with Gasteiger partial charge in [0.25, 0.3) is 5.91 Å². The average Bonchev–Trinajstić information content (AvgIpc) is 2.75. The minimum Gasteiger partial charge on any atom is -0.396 e. The van der Waals surface area contributed by atoms with E-state index in [2.05, 4.69) is 4.98 Å². The van der Waals surface area contributed by atoms with Crippen LogP contribution < -0.4 is 0 Å². The van der Waals surface area contributed by atoms with Crippen LogP contribution in [0.1, 0.15) is 34.3 Å². The lowest BCUT2D eigenvalue weighted by molar-refractivity contribution is 0.0269. The van der Waals surface area contributed by atoms with Gasteiger partial charge in [-0.2, -0.15) is 0 Å². The zero-order valence-corrected chi connectivity index (χ0v) is 16.9. The number of pyridine rings is 1. The van der Waals surface area contributed by atoms with Crippen LogP contribution in [0.4, 0.5) is 8.78 Å². The van der Waals surface area contributed by atoms with Crippen molar-refractivity contribution < 1.29 is 18.7 Å². The molecule has 0 saturated carbocycles. The summed E-state index contributed by atoms with van der Waals surface area (Å²) in [6.07, 6.45) is 3.25. The monoisotopic (exact) mass is 410 g/mol. The minimum absolute atomic E-state index is 0.120. The van der Waals surface area contributed by atoms with Crippen molar-refractivity contribution in [3.63, 3.8) is 0 Å². The fourth-order valence-electron chi connectivity index (χ4n) is 4.40. The fourth-order valence-corrected chi connectivity index (χ4v) is 4.40. The van der Waals surface area contributed by atoms with E-state index in [0.29, 0.717) is 37.1 Å². The number of carbonyl (C=O) groups excluding carboxylic acids is 1. The van der Waals surface area contributed by atoms with Crippen LogP contribution in [0.3, 0.4) is 0 Å². The second kappa shape index (κ2) is 8.11. The Hall–Kier alpha value is -2.86. The van der Waals surface area contributed by atoms with Crippen molar-refractivity contribution >= 4 is 16.8 Å². The molecule has 1 atom stereocenters. The van der Waals surface area contributed by atoms with Gasteiger partial charge in [0.05, 0.1) is 17.7 Å². The summed E-state index contributed by atoms with van der Waals surface area (Å²) in [7, 11) is 0. The average molecular weight is 410 g/mol. The third kappa shape index (κ3) is 3.92. The highest BCUT2D eigenvalue weighted by Crippen LogP contribution is 2.35. The maximum absolute atomic E-state index is 14.2. The van der Waals surface area contributed by atoms with Crippen LogP contribution in [-0.4, -0.2) is 40.6 Å². The Morgan fingerprint density at radius 1 is 1.20 bits per heavy atom. The predicted octanol–water partition coefficient (Wildman–Crippen LogP) is 4.28. The first-order chi connectivity index (χ1) is 14.4. The lowest BCUT2D eigenvalue weighted by atomic mass is 9.75. The number of aliphatic hydroxyl groups excluding tert-OH is 1. The van der Waals surface area contributed by atoms with E-state index in [9.17, 15) is 18.7 Å². The molecule has 0 spiro atoms. The van der Waals surface area contributed by atoms with Crippen molar-refractivity contribution in [1.29, 1.82) is 0 Å². The van der Waals surface area contributed by atoms with Crippen LogP contribution in [0.25, 0.3) is 10.9 Å². The second-order valence-electron chi connectivity index (χ2n) is 8.28. The first-order valence-corrected chi connectivity index (χ1v) is 10.1. The number of hydrogen-bond acceptors (Lipinski definition) is 3. The van der Waals surface area contributed by atoms with Crippen molar-refractivity contribution in [1.82, 2.24) is 9.88 Å². The molecule has 4 rings (SSSR count). The van der Waals surface area contributed by atoms with E-state index in [4.69, 9.17) is 0 Å². The van der Waals surface area contributed by atoms with Crippen molar-refractivity contribution in [2.75, 3.05) is 19.7 Å². The summed E-state index contributed by atoms with van der Waals surface area (Å²) in [5, 5.41) is 11.0. The molecule has 2 heterocycles. The van der Waals surface area contributed by atoms with Gasteiger partial charge < -0.3 is 10.0 Å². The molecule has 1 aliphatic heterocycles. The van der Waals surface area contributed by atoms with Crippen LogP contribution in [0.15, 0.2) is 48.7 Å². The summed E-state index contributed by atoms with van der Waals surface area (Å²) in [5.41, 5.74) is 2.06. The number of rotatable bonds is 4.